The first-order chi connectivity index (χ1) is 8.61. The SMILES string of the molecule is COc1cc2c(cc1CC(C)C(=O)O)OCOC2. The predicted molar refractivity (Wildman–Crippen MR) is 63.8 cm³/mol. The molecule has 0 fully saturated rings. The van der Waals surface area contributed by atoms with Crippen molar-refractivity contribution in [2.45, 2.75) is 20.0 Å². The van der Waals surface area contributed by atoms with Gasteiger partial charge in [0.05, 0.1) is 19.6 Å². The molecule has 1 atom stereocenters. The van der Waals surface area contributed by atoms with Crippen LogP contribution in [0.3, 0.4) is 0 Å². The van der Waals surface area contributed by atoms with E-state index in [0.29, 0.717) is 18.8 Å². The highest BCUT2D eigenvalue weighted by Gasteiger charge is 2.19. The molecule has 0 bridgehead atoms. The Morgan fingerprint density at radius 3 is 3.00 bits per heavy atom. The maximum Gasteiger partial charge on any atom is 0.306 e. The van der Waals surface area contributed by atoms with E-state index in [1.165, 1.54) is 0 Å². The largest absolute Gasteiger partial charge is 0.496 e. The van der Waals surface area contributed by atoms with Gasteiger partial charge in [-0.05, 0) is 24.1 Å². The van der Waals surface area contributed by atoms with Crippen molar-refractivity contribution >= 4 is 5.97 Å². The van der Waals surface area contributed by atoms with Gasteiger partial charge in [0, 0.05) is 5.56 Å². The minimum Gasteiger partial charge on any atom is -0.496 e. The van der Waals surface area contributed by atoms with Gasteiger partial charge < -0.3 is 19.3 Å². The molecule has 0 saturated carbocycles. The van der Waals surface area contributed by atoms with E-state index in [4.69, 9.17) is 19.3 Å². The van der Waals surface area contributed by atoms with Crippen molar-refractivity contribution in [2.24, 2.45) is 5.92 Å². The fourth-order valence-corrected chi connectivity index (χ4v) is 1.91. The molecular formula is C13H16O5. The Balaban J connectivity index is 2.30. The molecule has 0 spiro atoms. The van der Waals surface area contributed by atoms with Gasteiger partial charge in [-0.2, -0.15) is 0 Å². The summed E-state index contributed by atoms with van der Waals surface area (Å²) in [5, 5.41) is 8.95. The van der Waals surface area contributed by atoms with E-state index < -0.39 is 11.9 Å². The summed E-state index contributed by atoms with van der Waals surface area (Å²) in [6.07, 6.45) is 0.413. The molecule has 18 heavy (non-hydrogen) atoms. The molecule has 1 aliphatic rings. The molecular weight excluding hydrogens is 236 g/mol. The van der Waals surface area contributed by atoms with Crippen LogP contribution in [0.4, 0.5) is 0 Å². The van der Waals surface area contributed by atoms with Gasteiger partial charge in [-0.3, -0.25) is 4.79 Å². The van der Waals surface area contributed by atoms with Crippen LogP contribution in [0.25, 0.3) is 0 Å². The van der Waals surface area contributed by atoms with Gasteiger partial charge in [-0.25, -0.2) is 0 Å². The molecule has 1 heterocycles. The Bertz CT molecular complexity index is 455. The van der Waals surface area contributed by atoms with Crippen molar-refractivity contribution < 1.29 is 24.1 Å². The number of carboxylic acid groups (broad SMARTS) is 1. The Labute approximate surface area is 105 Å². The average molecular weight is 252 g/mol. The zero-order chi connectivity index (χ0) is 13.1. The summed E-state index contributed by atoms with van der Waals surface area (Å²) in [6, 6.07) is 3.69. The third-order valence-electron chi connectivity index (χ3n) is 2.97. The summed E-state index contributed by atoms with van der Waals surface area (Å²) in [4.78, 5) is 10.9. The summed E-state index contributed by atoms with van der Waals surface area (Å²) in [5.41, 5.74) is 1.76. The van der Waals surface area contributed by atoms with Crippen molar-refractivity contribution in [1.29, 1.82) is 0 Å². The highest BCUT2D eigenvalue weighted by Crippen LogP contribution is 2.32. The first-order valence-corrected chi connectivity index (χ1v) is 5.75. The first-order valence-electron chi connectivity index (χ1n) is 5.75. The highest BCUT2D eigenvalue weighted by molar-refractivity contribution is 5.70. The van der Waals surface area contributed by atoms with Crippen molar-refractivity contribution in [3.8, 4) is 11.5 Å². The number of rotatable bonds is 4. The molecule has 0 aromatic heterocycles. The number of hydrogen-bond donors (Lipinski definition) is 1. The van der Waals surface area contributed by atoms with Crippen LogP contribution < -0.4 is 9.47 Å². The van der Waals surface area contributed by atoms with Crippen LogP contribution in [0.15, 0.2) is 12.1 Å². The second-order valence-corrected chi connectivity index (χ2v) is 4.33. The van der Waals surface area contributed by atoms with E-state index in [0.717, 1.165) is 16.9 Å². The summed E-state index contributed by atoms with van der Waals surface area (Å²) < 4.78 is 15.9. The number of carbonyl (C=O) groups is 1. The van der Waals surface area contributed by atoms with Gasteiger partial charge >= 0.3 is 5.97 Å². The van der Waals surface area contributed by atoms with Crippen LogP contribution in [0.1, 0.15) is 18.1 Å². The van der Waals surface area contributed by atoms with Crippen molar-refractivity contribution in [1.82, 2.24) is 0 Å². The number of hydrogen-bond acceptors (Lipinski definition) is 4. The quantitative estimate of drug-likeness (QED) is 0.885. The molecule has 1 unspecified atom stereocenters. The van der Waals surface area contributed by atoms with Crippen LogP contribution in [0.2, 0.25) is 0 Å². The fourth-order valence-electron chi connectivity index (χ4n) is 1.91. The molecule has 2 rings (SSSR count). The van der Waals surface area contributed by atoms with E-state index >= 15 is 0 Å². The van der Waals surface area contributed by atoms with Gasteiger partial charge in [0.1, 0.15) is 11.5 Å². The number of benzene rings is 1. The molecule has 1 aromatic carbocycles. The van der Waals surface area contributed by atoms with Crippen molar-refractivity contribution in [3.05, 3.63) is 23.3 Å². The van der Waals surface area contributed by atoms with Crippen molar-refractivity contribution in [2.75, 3.05) is 13.9 Å². The topological polar surface area (TPSA) is 65.0 Å². The fraction of sp³-hybridized carbons (Fsp3) is 0.462. The lowest BCUT2D eigenvalue weighted by molar-refractivity contribution is -0.141. The number of aliphatic carboxylic acids is 1. The third kappa shape index (κ3) is 2.56. The zero-order valence-electron chi connectivity index (χ0n) is 10.4. The molecule has 98 valence electrons. The second-order valence-electron chi connectivity index (χ2n) is 4.33. The molecule has 0 radical (unpaired) electrons. The maximum absolute atomic E-state index is 10.9. The molecule has 1 aliphatic heterocycles. The maximum atomic E-state index is 10.9. The van der Waals surface area contributed by atoms with Crippen molar-refractivity contribution in [3.63, 3.8) is 0 Å². The second kappa shape index (κ2) is 5.27. The lowest BCUT2D eigenvalue weighted by Crippen LogP contribution is -2.15. The van der Waals surface area contributed by atoms with Crippen LogP contribution in [0.5, 0.6) is 11.5 Å². The number of carboxylic acids is 1. The molecule has 0 amide bonds. The monoisotopic (exact) mass is 252 g/mol. The van der Waals surface area contributed by atoms with E-state index in [1.54, 1.807) is 14.0 Å². The Morgan fingerprint density at radius 1 is 1.56 bits per heavy atom. The predicted octanol–water partition coefficient (Wildman–Crippen LogP) is 1.82. The van der Waals surface area contributed by atoms with E-state index in [2.05, 4.69) is 0 Å². The minimum atomic E-state index is -0.820. The average Bonchev–Trinajstić information content (AvgIpc) is 2.37. The summed E-state index contributed by atoms with van der Waals surface area (Å²) in [5.74, 6) is 0.140. The van der Waals surface area contributed by atoms with Gasteiger partial charge in [0.25, 0.3) is 0 Å². The minimum absolute atomic E-state index is 0.229. The highest BCUT2D eigenvalue weighted by atomic mass is 16.7. The molecule has 0 aliphatic carbocycles. The van der Waals surface area contributed by atoms with Gasteiger partial charge in [0.2, 0.25) is 0 Å². The normalized spacial score (nSPS) is 15.4. The Kier molecular flexibility index (Phi) is 3.72. The molecule has 5 nitrogen and oxygen atoms in total. The number of methoxy groups -OCH3 is 1. The standard InChI is InChI=1S/C13H16O5/c1-8(13(14)15)3-9-4-12-10(5-11(9)16-2)6-17-7-18-12/h4-5,8H,3,6-7H2,1-2H3,(H,14,15). The summed E-state index contributed by atoms with van der Waals surface area (Å²) in [6.45, 7) is 2.39. The van der Waals surface area contributed by atoms with Crippen LogP contribution in [-0.2, 0) is 22.6 Å². The van der Waals surface area contributed by atoms with Gasteiger partial charge in [-0.15, -0.1) is 0 Å². The van der Waals surface area contributed by atoms with Gasteiger partial charge in [-0.1, -0.05) is 6.92 Å². The van der Waals surface area contributed by atoms with Crippen LogP contribution in [0, 0.1) is 5.92 Å². The molecule has 0 saturated heterocycles. The summed E-state index contributed by atoms with van der Waals surface area (Å²) in [7, 11) is 1.57. The van der Waals surface area contributed by atoms with E-state index in [9.17, 15) is 4.79 Å². The van der Waals surface area contributed by atoms with E-state index in [-0.39, 0.29) is 6.79 Å². The molecule has 5 heteroatoms. The Morgan fingerprint density at radius 2 is 2.33 bits per heavy atom. The van der Waals surface area contributed by atoms with E-state index in [1.807, 2.05) is 12.1 Å². The molecule has 1 N–H and O–H groups in total. The number of ether oxygens (including phenoxy) is 3. The van der Waals surface area contributed by atoms with Crippen LogP contribution >= 0.6 is 0 Å². The van der Waals surface area contributed by atoms with Crippen LogP contribution in [-0.4, -0.2) is 25.0 Å². The number of fused-ring (bicyclic) bond motifs is 1. The summed E-state index contributed by atoms with van der Waals surface area (Å²) >= 11 is 0. The first kappa shape index (κ1) is 12.7. The zero-order valence-corrected chi connectivity index (χ0v) is 10.4. The smallest absolute Gasteiger partial charge is 0.306 e. The third-order valence-corrected chi connectivity index (χ3v) is 2.97. The lowest BCUT2D eigenvalue weighted by atomic mass is 9.98. The lowest BCUT2D eigenvalue weighted by Gasteiger charge is -2.20. The Hall–Kier alpha value is -1.75. The van der Waals surface area contributed by atoms with Gasteiger partial charge in [0.15, 0.2) is 6.79 Å². The molecule has 1 aromatic rings.